The molecule has 3 heterocycles. The summed E-state index contributed by atoms with van der Waals surface area (Å²) in [6.45, 7) is 7.11. The molecule has 1 saturated heterocycles. The van der Waals surface area contributed by atoms with E-state index in [1.165, 1.54) is 0 Å². The Balaban J connectivity index is 2.01. The van der Waals surface area contributed by atoms with Gasteiger partial charge in [-0.25, -0.2) is 0 Å². The highest BCUT2D eigenvalue weighted by molar-refractivity contribution is 5.85. The minimum atomic E-state index is -0.144. The predicted octanol–water partition coefficient (Wildman–Crippen LogP) is 1.48. The van der Waals surface area contributed by atoms with E-state index in [-0.39, 0.29) is 17.4 Å². The van der Waals surface area contributed by atoms with Gasteiger partial charge in [0.15, 0.2) is 11.5 Å². The van der Waals surface area contributed by atoms with Crippen LogP contribution in [0.25, 0.3) is 5.65 Å². The molecular weight excluding hydrogens is 292 g/mol. The van der Waals surface area contributed by atoms with Gasteiger partial charge in [0.05, 0.1) is 0 Å². The third kappa shape index (κ3) is 2.75. The Bertz CT molecular complexity index is 730. The van der Waals surface area contributed by atoms with Gasteiger partial charge in [0.1, 0.15) is 11.9 Å². The van der Waals surface area contributed by atoms with E-state index in [1.807, 2.05) is 12.1 Å². The molecule has 0 aliphatic carbocycles. The molecule has 0 aromatic carbocycles. The number of fused-ring (bicyclic) bond motifs is 1. The van der Waals surface area contributed by atoms with Crippen LogP contribution < -0.4 is 4.90 Å². The number of aromatic nitrogens is 4. The van der Waals surface area contributed by atoms with Gasteiger partial charge in [0, 0.05) is 26.1 Å². The van der Waals surface area contributed by atoms with Crippen molar-refractivity contribution in [1.29, 1.82) is 0 Å². The van der Waals surface area contributed by atoms with E-state index in [0.717, 1.165) is 36.7 Å². The van der Waals surface area contributed by atoms with Crippen LogP contribution in [-0.2, 0) is 10.2 Å². The fraction of sp³-hybridized carbons (Fsp3) is 0.625. The van der Waals surface area contributed by atoms with Crippen LogP contribution in [-0.4, -0.2) is 57.3 Å². The fourth-order valence-electron chi connectivity index (χ4n) is 3.00. The van der Waals surface area contributed by atoms with Crippen molar-refractivity contribution in [3.8, 4) is 0 Å². The van der Waals surface area contributed by atoms with Gasteiger partial charge >= 0.3 is 0 Å². The molecule has 7 heteroatoms. The number of anilines is 1. The van der Waals surface area contributed by atoms with Crippen LogP contribution in [0.3, 0.4) is 0 Å². The Kier molecular flexibility index (Phi) is 3.74. The molecule has 1 atom stereocenters. The third-order valence-electron chi connectivity index (χ3n) is 4.19. The van der Waals surface area contributed by atoms with Gasteiger partial charge in [0.2, 0.25) is 5.91 Å². The second-order valence-electron chi connectivity index (χ2n) is 7.32. The van der Waals surface area contributed by atoms with Crippen molar-refractivity contribution in [2.45, 2.75) is 45.1 Å². The summed E-state index contributed by atoms with van der Waals surface area (Å²) in [5, 5.41) is 13.2. The highest BCUT2D eigenvalue weighted by Gasteiger charge is 2.33. The number of amides is 1. The standard InChI is InChI=1S/C16H24N6O/c1-16(2,3)15-18-17-12-8-9-13(19-22(12)15)21-10-6-7-11(21)14(23)20(4)5/h8-9,11H,6-7,10H2,1-5H3. The molecule has 2 aromatic rings. The van der Waals surface area contributed by atoms with Crippen molar-refractivity contribution in [1.82, 2.24) is 24.7 Å². The van der Waals surface area contributed by atoms with E-state index in [4.69, 9.17) is 5.10 Å². The molecule has 1 aliphatic rings. The maximum absolute atomic E-state index is 12.4. The van der Waals surface area contributed by atoms with Crippen LogP contribution in [0.15, 0.2) is 12.1 Å². The summed E-state index contributed by atoms with van der Waals surface area (Å²) in [6, 6.07) is 3.71. The number of rotatable bonds is 2. The summed E-state index contributed by atoms with van der Waals surface area (Å²) in [5.74, 6) is 1.76. The van der Waals surface area contributed by atoms with Crippen LogP contribution in [0.5, 0.6) is 0 Å². The summed E-state index contributed by atoms with van der Waals surface area (Å²) >= 11 is 0. The van der Waals surface area contributed by atoms with Gasteiger partial charge < -0.3 is 9.80 Å². The maximum atomic E-state index is 12.4. The molecule has 1 unspecified atom stereocenters. The van der Waals surface area contributed by atoms with Gasteiger partial charge in [-0.3, -0.25) is 4.79 Å². The van der Waals surface area contributed by atoms with E-state index in [2.05, 4.69) is 35.9 Å². The molecule has 1 fully saturated rings. The Morgan fingerprint density at radius 1 is 1.26 bits per heavy atom. The molecule has 0 spiro atoms. The molecule has 23 heavy (non-hydrogen) atoms. The van der Waals surface area contributed by atoms with Crippen molar-refractivity contribution < 1.29 is 4.79 Å². The number of hydrogen-bond donors (Lipinski definition) is 0. The normalized spacial score (nSPS) is 18.7. The maximum Gasteiger partial charge on any atom is 0.244 e. The molecule has 0 bridgehead atoms. The first-order chi connectivity index (χ1) is 10.8. The summed E-state index contributed by atoms with van der Waals surface area (Å²) in [4.78, 5) is 16.1. The molecule has 1 aliphatic heterocycles. The first-order valence-electron chi connectivity index (χ1n) is 8.00. The zero-order chi connectivity index (χ0) is 16.8. The zero-order valence-electron chi connectivity index (χ0n) is 14.4. The van der Waals surface area contributed by atoms with E-state index in [1.54, 1.807) is 23.5 Å². The zero-order valence-corrected chi connectivity index (χ0v) is 14.4. The van der Waals surface area contributed by atoms with Crippen molar-refractivity contribution in [3.05, 3.63) is 18.0 Å². The number of hydrogen-bond acceptors (Lipinski definition) is 5. The van der Waals surface area contributed by atoms with Crippen molar-refractivity contribution in [2.24, 2.45) is 0 Å². The largest absolute Gasteiger partial charge is 0.347 e. The lowest BCUT2D eigenvalue weighted by atomic mass is 9.96. The van der Waals surface area contributed by atoms with Crippen LogP contribution in [0, 0.1) is 0 Å². The van der Waals surface area contributed by atoms with Crippen molar-refractivity contribution in [2.75, 3.05) is 25.5 Å². The quantitative estimate of drug-likeness (QED) is 0.839. The number of nitrogens with zero attached hydrogens (tertiary/aromatic N) is 6. The van der Waals surface area contributed by atoms with E-state index >= 15 is 0 Å². The van der Waals surface area contributed by atoms with E-state index in [0.29, 0.717) is 0 Å². The van der Waals surface area contributed by atoms with Crippen molar-refractivity contribution in [3.63, 3.8) is 0 Å². The Morgan fingerprint density at radius 3 is 2.65 bits per heavy atom. The first-order valence-corrected chi connectivity index (χ1v) is 8.00. The Morgan fingerprint density at radius 2 is 2.00 bits per heavy atom. The van der Waals surface area contributed by atoms with Crippen LogP contribution in [0.1, 0.15) is 39.4 Å². The molecule has 0 saturated carbocycles. The SMILES string of the molecule is CN(C)C(=O)C1CCCN1c1ccc2nnc(C(C)(C)C)n2n1. The molecular formula is C16H24N6O. The number of likely N-dealkylation sites (N-methyl/N-ethyl adjacent to an activating group) is 1. The lowest BCUT2D eigenvalue weighted by molar-refractivity contribution is -0.129. The van der Waals surface area contributed by atoms with Gasteiger partial charge in [0.25, 0.3) is 0 Å². The smallest absolute Gasteiger partial charge is 0.244 e. The van der Waals surface area contributed by atoms with E-state index in [9.17, 15) is 4.79 Å². The molecule has 3 rings (SSSR count). The molecule has 0 N–H and O–H groups in total. The van der Waals surface area contributed by atoms with Crippen LogP contribution in [0.4, 0.5) is 5.82 Å². The minimum absolute atomic E-state index is 0.129. The average Bonchev–Trinajstić information content (AvgIpc) is 3.11. The lowest BCUT2D eigenvalue weighted by Crippen LogP contribution is -2.43. The Hall–Kier alpha value is -2.18. The molecule has 2 aromatic heterocycles. The second-order valence-corrected chi connectivity index (χ2v) is 7.32. The highest BCUT2D eigenvalue weighted by Crippen LogP contribution is 2.26. The summed E-state index contributed by atoms with van der Waals surface area (Å²) in [7, 11) is 3.60. The van der Waals surface area contributed by atoms with E-state index < -0.39 is 0 Å². The highest BCUT2D eigenvalue weighted by atomic mass is 16.2. The summed E-state index contributed by atoms with van der Waals surface area (Å²) in [5.41, 5.74) is 0.586. The van der Waals surface area contributed by atoms with Crippen LogP contribution >= 0.6 is 0 Å². The first kappa shape index (κ1) is 15.7. The third-order valence-corrected chi connectivity index (χ3v) is 4.19. The molecule has 7 nitrogen and oxygen atoms in total. The number of carbonyl (C=O) groups is 1. The molecule has 0 radical (unpaired) electrons. The second kappa shape index (κ2) is 5.47. The van der Waals surface area contributed by atoms with Crippen LogP contribution in [0.2, 0.25) is 0 Å². The topological polar surface area (TPSA) is 66.6 Å². The van der Waals surface area contributed by atoms with Gasteiger partial charge in [-0.05, 0) is 25.0 Å². The molecule has 124 valence electrons. The van der Waals surface area contributed by atoms with Gasteiger partial charge in [-0.2, -0.15) is 4.52 Å². The number of carbonyl (C=O) groups excluding carboxylic acids is 1. The summed E-state index contributed by atoms with van der Waals surface area (Å²) in [6.07, 6.45) is 1.86. The van der Waals surface area contributed by atoms with Crippen molar-refractivity contribution >= 4 is 17.4 Å². The fourth-order valence-corrected chi connectivity index (χ4v) is 3.00. The summed E-state index contributed by atoms with van der Waals surface area (Å²) < 4.78 is 1.80. The predicted molar refractivity (Wildman–Crippen MR) is 88.5 cm³/mol. The minimum Gasteiger partial charge on any atom is -0.347 e. The monoisotopic (exact) mass is 316 g/mol. The van der Waals surface area contributed by atoms with Gasteiger partial charge in [-0.1, -0.05) is 20.8 Å². The van der Waals surface area contributed by atoms with Gasteiger partial charge in [-0.15, -0.1) is 15.3 Å². The average molecular weight is 316 g/mol. The Labute approximate surface area is 136 Å². The molecule has 1 amide bonds. The lowest BCUT2D eigenvalue weighted by Gasteiger charge is -2.27.